The molecule has 1 N–H and O–H groups in total. The Morgan fingerprint density at radius 1 is 1.54 bits per heavy atom. The van der Waals surface area contributed by atoms with E-state index in [9.17, 15) is 0 Å². The monoisotopic (exact) mass is 192 g/mol. The van der Waals surface area contributed by atoms with Crippen LogP contribution in [0.4, 0.5) is 0 Å². The van der Waals surface area contributed by atoms with Crippen molar-refractivity contribution >= 4 is 12.2 Å². The van der Waals surface area contributed by atoms with Crippen LogP contribution in [0.25, 0.3) is 11.3 Å². The predicted molar refractivity (Wildman–Crippen MR) is 51.6 cm³/mol. The summed E-state index contributed by atoms with van der Waals surface area (Å²) in [7, 11) is 1.86. The molecule has 0 aliphatic heterocycles. The van der Waals surface area contributed by atoms with Crippen molar-refractivity contribution in [1.29, 1.82) is 0 Å². The molecule has 0 aromatic carbocycles. The molecular weight excluding hydrogens is 184 g/mol. The average molecular weight is 192 g/mol. The summed E-state index contributed by atoms with van der Waals surface area (Å²) < 4.78 is 2.36. The zero-order valence-corrected chi connectivity index (χ0v) is 7.88. The Balaban J connectivity index is 2.59. The summed E-state index contributed by atoms with van der Waals surface area (Å²) in [5, 5.41) is 4.05. The number of aryl methyl sites for hydroxylation is 1. The van der Waals surface area contributed by atoms with Crippen molar-refractivity contribution in [2.45, 2.75) is 0 Å². The average Bonchev–Trinajstić information content (AvgIpc) is 2.53. The number of nitrogens with one attached hydrogen (secondary N) is 1. The third-order valence-electron chi connectivity index (χ3n) is 1.69. The van der Waals surface area contributed by atoms with E-state index in [4.69, 9.17) is 12.2 Å². The fourth-order valence-electron chi connectivity index (χ4n) is 1.10. The van der Waals surface area contributed by atoms with Crippen LogP contribution < -0.4 is 0 Å². The molecule has 0 atom stereocenters. The second-order valence-corrected chi connectivity index (χ2v) is 3.08. The Bertz CT molecular complexity index is 471. The number of hydrogen-bond acceptors (Lipinski definition) is 3. The van der Waals surface area contributed by atoms with Gasteiger partial charge in [0.2, 0.25) is 0 Å². The minimum absolute atomic E-state index is 0.635. The van der Waals surface area contributed by atoms with Gasteiger partial charge in [-0.2, -0.15) is 5.10 Å². The molecule has 0 radical (unpaired) electrons. The fraction of sp³-hybridized carbons (Fsp3) is 0.125. The Labute approximate surface area is 80.3 Å². The van der Waals surface area contributed by atoms with Gasteiger partial charge in [0.1, 0.15) is 10.3 Å². The second-order valence-electron chi connectivity index (χ2n) is 2.67. The first kappa shape index (κ1) is 8.12. The molecule has 0 bridgehead atoms. The van der Waals surface area contributed by atoms with Crippen LogP contribution in [-0.2, 0) is 7.05 Å². The summed E-state index contributed by atoms with van der Waals surface area (Å²) in [5.41, 5.74) is 1.70. The highest BCUT2D eigenvalue weighted by atomic mass is 32.1. The van der Waals surface area contributed by atoms with Gasteiger partial charge in [-0.05, 0) is 0 Å². The van der Waals surface area contributed by atoms with Crippen molar-refractivity contribution in [2.24, 2.45) is 7.05 Å². The first-order valence-corrected chi connectivity index (χ1v) is 4.21. The number of rotatable bonds is 1. The molecule has 2 aromatic heterocycles. The predicted octanol–water partition coefficient (Wildman–Crippen LogP) is 1.54. The van der Waals surface area contributed by atoms with Crippen molar-refractivity contribution < 1.29 is 0 Å². The third kappa shape index (κ3) is 1.50. The Morgan fingerprint density at radius 3 is 3.00 bits per heavy atom. The molecule has 0 fully saturated rings. The summed E-state index contributed by atoms with van der Waals surface area (Å²) in [6.07, 6.45) is 7.01. The highest BCUT2D eigenvalue weighted by molar-refractivity contribution is 7.71. The van der Waals surface area contributed by atoms with E-state index in [-0.39, 0.29) is 0 Å². The Kier molecular flexibility index (Phi) is 1.94. The summed E-state index contributed by atoms with van der Waals surface area (Å²) >= 11 is 5.09. The quantitative estimate of drug-likeness (QED) is 0.697. The largest absolute Gasteiger partial charge is 0.350 e. The lowest BCUT2D eigenvalue weighted by molar-refractivity contribution is 0.768. The van der Waals surface area contributed by atoms with Crippen LogP contribution in [0.15, 0.2) is 24.8 Å². The highest BCUT2D eigenvalue weighted by Gasteiger charge is 2.02. The lowest BCUT2D eigenvalue weighted by atomic mass is 10.3. The molecule has 0 amide bonds. The first-order chi connectivity index (χ1) is 6.27. The van der Waals surface area contributed by atoms with Crippen LogP contribution >= 0.6 is 12.2 Å². The molecular formula is C8H8N4S. The van der Waals surface area contributed by atoms with Crippen LogP contribution in [0.1, 0.15) is 0 Å². The zero-order valence-electron chi connectivity index (χ0n) is 7.06. The van der Waals surface area contributed by atoms with Crippen molar-refractivity contribution in [1.82, 2.24) is 19.7 Å². The molecule has 66 valence electrons. The van der Waals surface area contributed by atoms with E-state index in [2.05, 4.69) is 15.1 Å². The van der Waals surface area contributed by atoms with Crippen molar-refractivity contribution in [3.8, 4) is 11.3 Å². The van der Waals surface area contributed by atoms with E-state index in [1.165, 1.54) is 0 Å². The highest BCUT2D eigenvalue weighted by Crippen LogP contribution is 2.14. The van der Waals surface area contributed by atoms with Gasteiger partial charge in [0.05, 0.1) is 6.20 Å². The van der Waals surface area contributed by atoms with Crippen LogP contribution in [0.2, 0.25) is 0 Å². The third-order valence-corrected chi connectivity index (χ3v) is 2.00. The van der Waals surface area contributed by atoms with Crippen LogP contribution in [0, 0.1) is 4.64 Å². The summed E-state index contributed by atoms with van der Waals surface area (Å²) in [6.45, 7) is 0. The molecule has 2 heterocycles. The normalized spacial score (nSPS) is 10.2. The topological polar surface area (TPSA) is 46.5 Å². The number of aromatic amines is 1. The van der Waals surface area contributed by atoms with Gasteiger partial charge in [-0.25, -0.2) is 0 Å². The van der Waals surface area contributed by atoms with Gasteiger partial charge in [-0.3, -0.25) is 9.67 Å². The van der Waals surface area contributed by atoms with Gasteiger partial charge in [0, 0.05) is 31.2 Å². The zero-order chi connectivity index (χ0) is 9.26. The summed E-state index contributed by atoms with van der Waals surface area (Å²) in [4.78, 5) is 7.10. The van der Waals surface area contributed by atoms with Gasteiger partial charge in [0.25, 0.3) is 0 Å². The van der Waals surface area contributed by atoms with Crippen LogP contribution in [-0.4, -0.2) is 19.7 Å². The lowest BCUT2D eigenvalue weighted by Gasteiger charge is -1.93. The maximum absolute atomic E-state index is 5.09. The van der Waals surface area contributed by atoms with E-state index < -0.39 is 0 Å². The van der Waals surface area contributed by atoms with E-state index in [1.54, 1.807) is 23.3 Å². The van der Waals surface area contributed by atoms with Gasteiger partial charge < -0.3 is 4.98 Å². The summed E-state index contributed by atoms with van der Waals surface area (Å²) in [5.74, 6) is 0. The van der Waals surface area contributed by atoms with E-state index in [0.29, 0.717) is 4.64 Å². The molecule has 0 saturated carbocycles. The van der Waals surface area contributed by atoms with Crippen molar-refractivity contribution in [3.63, 3.8) is 0 Å². The summed E-state index contributed by atoms with van der Waals surface area (Å²) in [6, 6.07) is 0. The maximum Gasteiger partial charge on any atom is 0.130 e. The van der Waals surface area contributed by atoms with Crippen LogP contribution in [0.5, 0.6) is 0 Å². The van der Waals surface area contributed by atoms with Crippen molar-refractivity contribution in [3.05, 3.63) is 29.4 Å². The molecule has 2 aromatic rings. The van der Waals surface area contributed by atoms with Crippen molar-refractivity contribution in [2.75, 3.05) is 0 Å². The smallest absolute Gasteiger partial charge is 0.130 e. The Morgan fingerprint density at radius 2 is 2.38 bits per heavy atom. The molecule has 0 unspecified atom stereocenters. The minimum atomic E-state index is 0.635. The molecule has 0 saturated heterocycles. The second kappa shape index (κ2) is 3.10. The first-order valence-electron chi connectivity index (χ1n) is 3.80. The molecule has 0 spiro atoms. The van der Waals surface area contributed by atoms with Gasteiger partial charge in [0.15, 0.2) is 0 Å². The van der Waals surface area contributed by atoms with E-state index in [1.807, 2.05) is 13.2 Å². The number of H-pyrrole nitrogens is 1. The van der Waals surface area contributed by atoms with Crippen LogP contribution in [0.3, 0.4) is 0 Å². The number of hydrogen-bond donors (Lipinski definition) is 1. The molecule has 0 aliphatic rings. The van der Waals surface area contributed by atoms with Gasteiger partial charge in [-0.15, -0.1) is 0 Å². The Hall–Kier alpha value is -1.49. The number of nitrogens with zero attached hydrogens (tertiary/aromatic N) is 3. The lowest BCUT2D eigenvalue weighted by Crippen LogP contribution is -1.86. The fourth-order valence-corrected chi connectivity index (χ4v) is 1.34. The standard InChI is InChI=1S/C8H8N4S/c1-12-5-6(4-11-12)7-8(13)10-3-2-9-7/h2-5H,1H3,(H,10,13). The molecule has 13 heavy (non-hydrogen) atoms. The molecule has 4 nitrogen and oxygen atoms in total. The number of aromatic nitrogens is 4. The van der Waals surface area contributed by atoms with E-state index in [0.717, 1.165) is 11.3 Å². The molecule has 5 heteroatoms. The van der Waals surface area contributed by atoms with E-state index >= 15 is 0 Å². The minimum Gasteiger partial charge on any atom is -0.350 e. The SMILES string of the molecule is Cn1cc(-c2ncc[nH]c2=S)cn1. The van der Waals surface area contributed by atoms with Gasteiger partial charge >= 0.3 is 0 Å². The maximum atomic E-state index is 5.09. The van der Waals surface area contributed by atoms with Gasteiger partial charge in [-0.1, -0.05) is 12.2 Å². The molecule has 0 aliphatic carbocycles. The molecule has 2 rings (SSSR count).